The van der Waals surface area contributed by atoms with Crippen molar-refractivity contribution in [2.75, 3.05) is 26.2 Å². The van der Waals surface area contributed by atoms with E-state index in [1.54, 1.807) is 6.08 Å². The Kier molecular flexibility index (Phi) is 4.61. The molecule has 0 spiro atoms. The summed E-state index contributed by atoms with van der Waals surface area (Å²) in [4.78, 5) is 2.00. The van der Waals surface area contributed by atoms with Gasteiger partial charge in [0.25, 0.3) is 0 Å². The van der Waals surface area contributed by atoms with Gasteiger partial charge < -0.3 is 5.32 Å². The second-order valence-electron chi connectivity index (χ2n) is 4.61. The third-order valence-electron chi connectivity index (χ3n) is 3.36. The molecule has 19 heavy (non-hydrogen) atoms. The molecule has 0 bridgehead atoms. The largest absolute Gasteiger partial charge is 0.314 e. The highest BCUT2D eigenvalue weighted by molar-refractivity contribution is 5.25. The molecule has 1 N–H and O–H groups in total. The van der Waals surface area contributed by atoms with Crippen LogP contribution < -0.4 is 5.32 Å². The van der Waals surface area contributed by atoms with Gasteiger partial charge in [0.05, 0.1) is 0 Å². The predicted octanol–water partition coefficient (Wildman–Crippen LogP) is 2.63. The van der Waals surface area contributed by atoms with Crippen molar-refractivity contribution in [2.45, 2.75) is 12.5 Å². The van der Waals surface area contributed by atoms with Crippen LogP contribution in [0.15, 0.2) is 24.8 Å². The Bertz CT molecular complexity index is 433. The van der Waals surface area contributed by atoms with E-state index >= 15 is 0 Å². The van der Waals surface area contributed by atoms with Crippen molar-refractivity contribution in [3.05, 3.63) is 47.8 Å². The molecule has 0 aromatic heterocycles. The minimum atomic E-state index is -0.892. The van der Waals surface area contributed by atoms with E-state index in [1.807, 2.05) is 4.90 Å². The van der Waals surface area contributed by atoms with Crippen molar-refractivity contribution in [1.29, 1.82) is 0 Å². The molecule has 1 atom stereocenters. The standard InChI is InChI=1S/C14H17F3N2/c1-2-3-13(19-6-4-18-5-7-19)14-11(16)8-10(15)9-12(14)17/h2,8-9,13,18H,1,3-7H2/t13-/m0/s1. The fourth-order valence-corrected chi connectivity index (χ4v) is 2.47. The zero-order valence-electron chi connectivity index (χ0n) is 10.6. The van der Waals surface area contributed by atoms with Crippen LogP contribution in [0.25, 0.3) is 0 Å². The highest BCUT2D eigenvalue weighted by atomic mass is 19.1. The Balaban J connectivity index is 2.35. The first-order valence-electron chi connectivity index (χ1n) is 6.33. The fourth-order valence-electron chi connectivity index (χ4n) is 2.47. The third-order valence-corrected chi connectivity index (χ3v) is 3.36. The Morgan fingerprint density at radius 3 is 2.32 bits per heavy atom. The van der Waals surface area contributed by atoms with Gasteiger partial charge in [-0.1, -0.05) is 6.08 Å². The maximum absolute atomic E-state index is 13.9. The molecular weight excluding hydrogens is 253 g/mol. The average molecular weight is 270 g/mol. The summed E-state index contributed by atoms with van der Waals surface area (Å²) in [7, 11) is 0. The number of nitrogens with one attached hydrogen (secondary N) is 1. The summed E-state index contributed by atoms with van der Waals surface area (Å²) < 4.78 is 40.7. The molecule has 0 radical (unpaired) electrons. The van der Waals surface area contributed by atoms with Crippen LogP contribution in [0.1, 0.15) is 18.0 Å². The summed E-state index contributed by atoms with van der Waals surface area (Å²) in [5.74, 6) is -2.55. The van der Waals surface area contributed by atoms with Crippen LogP contribution >= 0.6 is 0 Å². The SMILES string of the molecule is C=CC[C@@H](c1c(F)cc(F)cc1F)N1CCNCC1. The summed E-state index contributed by atoms with van der Waals surface area (Å²) in [5.41, 5.74) is -0.0665. The maximum atomic E-state index is 13.9. The molecule has 2 rings (SSSR count). The average Bonchev–Trinajstić information content (AvgIpc) is 2.37. The molecule has 1 saturated heterocycles. The third kappa shape index (κ3) is 3.16. The summed E-state index contributed by atoms with van der Waals surface area (Å²) >= 11 is 0. The zero-order chi connectivity index (χ0) is 13.8. The van der Waals surface area contributed by atoms with Crippen LogP contribution in [-0.2, 0) is 0 Å². The molecule has 1 heterocycles. The molecule has 1 aliphatic heterocycles. The first kappa shape index (κ1) is 14.1. The lowest BCUT2D eigenvalue weighted by atomic mass is 9.99. The van der Waals surface area contributed by atoms with E-state index in [2.05, 4.69) is 11.9 Å². The van der Waals surface area contributed by atoms with Crippen LogP contribution in [0, 0.1) is 17.5 Å². The maximum Gasteiger partial charge on any atom is 0.133 e. The Hall–Kier alpha value is -1.33. The molecule has 1 aromatic carbocycles. The van der Waals surface area contributed by atoms with E-state index in [0.717, 1.165) is 25.2 Å². The van der Waals surface area contributed by atoms with Gasteiger partial charge in [-0.3, -0.25) is 4.90 Å². The number of nitrogens with zero attached hydrogens (tertiary/aromatic N) is 1. The Labute approximate surface area is 110 Å². The molecule has 1 fully saturated rings. The summed E-state index contributed by atoms with van der Waals surface area (Å²) in [6, 6.07) is 1.04. The molecule has 1 aromatic rings. The van der Waals surface area contributed by atoms with Crippen LogP contribution in [0.4, 0.5) is 13.2 Å². The molecule has 0 saturated carbocycles. The van der Waals surface area contributed by atoms with Gasteiger partial charge in [0.15, 0.2) is 0 Å². The molecule has 2 nitrogen and oxygen atoms in total. The zero-order valence-corrected chi connectivity index (χ0v) is 10.6. The fraction of sp³-hybridized carbons (Fsp3) is 0.429. The lowest BCUT2D eigenvalue weighted by Crippen LogP contribution is -2.45. The van der Waals surface area contributed by atoms with Crippen molar-refractivity contribution in [2.24, 2.45) is 0 Å². The van der Waals surface area contributed by atoms with Gasteiger partial charge in [-0.25, -0.2) is 13.2 Å². The van der Waals surface area contributed by atoms with Crippen LogP contribution in [0.3, 0.4) is 0 Å². The van der Waals surface area contributed by atoms with E-state index in [1.165, 1.54) is 0 Å². The molecule has 0 amide bonds. The van der Waals surface area contributed by atoms with Crippen molar-refractivity contribution in [1.82, 2.24) is 10.2 Å². The molecular formula is C14H17F3N2. The molecule has 0 unspecified atom stereocenters. The van der Waals surface area contributed by atoms with Crippen LogP contribution in [-0.4, -0.2) is 31.1 Å². The Morgan fingerprint density at radius 2 is 1.79 bits per heavy atom. The molecule has 5 heteroatoms. The van der Waals surface area contributed by atoms with Gasteiger partial charge in [-0.15, -0.1) is 6.58 Å². The number of piperazine rings is 1. The smallest absolute Gasteiger partial charge is 0.133 e. The number of rotatable bonds is 4. The van der Waals surface area contributed by atoms with Crippen molar-refractivity contribution in [3.8, 4) is 0 Å². The summed E-state index contributed by atoms with van der Waals surface area (Å²) in [6.45, 7) is 6.59. The highest BCUT2D eigenvalue weighted by Gasteiger charge is 2.27. The van der Waals surface area contributed by atoms with Crippen molar-refractivity contribution >= 4 is 0 Å². The van der Waals surface area contributed by atoms with Gasteiger partial charge in [0.2, 0.25) is 0 Å². The lowest BCUT2D eigenvalue weighted by Gasteiger charge is -2.35. The number of benzene rings is 1. The van der Waals surface area contributed by atoms with Crippen molar-refractivity contribution < 1.29 is 13.2 Å². The first-order valence-corrected chi connectivity index (χ1v) is 6.33. The number of hydrogen-bond donors (Lipinski definition) is 1. The van der Waals surface area contributed by atoms with Gasteiger partial charge in [0, 0.05) is 49.9 Å². The topological polar surface area (TPSA) is 15.3 Å². The minimum absolute atomic E-state index is 0.0665. The lowest BCUT2D eigenvalue weighted by molar-refractivity contribution is 0.167. The molecule has 1 aliphatic rings. The highest BCUT2D eigenvalue weighted by Crippen LogP contribution is 2.30. The minimum Gasteiger partial charge on any atom is -0.314 e. The van der Waals surface area contributed by atoms with E-state index < -0.39 is 23.5 Å². The van der Waals surface area contributed by atoms with Crippen molar-refractivity contribution in [3.63, 3.8) is 0 Å². The quantitative estimate of drug-likeness (QED) is 0.846. The normalized spacial score (nSPS) is 18.3. The predicted molar refractivity (Wildman–Crippen MR) is 68.3 cm³/mol. The van der Waals surface area contributed by atoms with E-state index in [9.17, 15) is 13.2 Å². The van der Waals surface area contributed by atoms with E-state index in [-0.39, 0.29) is 5.56 Å². The Morgan fingerprint density at radius 1 is 1.21 bits per heavy atom. The number of halogens is 3. The molecule has 0 aliphatic carbocycles. The van der Waals surface area contributed by atoms with Gasteiger partial charge in [-0.2, -0.15) is 0 Å². The van der Waals surface area contributed by atoms with Crippen LogP contribution in [0.2, 0.25) is 0 Å². The second-order valence-corrected chi connectivity index (χ2v) is 4.61. The monoisotopic (exact) mass is 270 g/mol. The molecule has 104 valence electrons. The summed E-state index contributed by atoms with van der Waals surface area (Å²) in [6.07, 6.45) is 2.06. The number of hydrogen-bond acceptors (Lipinski definition) is 2. The van der Waals surface area contributed by atoms with E-state index in [4.69, 9.17) is 0 Å². The second kappa shape index (κ2) is 6.21. The van der Waals surface area contributed by atoms with Gasteiger partial charge in [0.1, 0.15) is 17.5 Å². The summed E-state index contributed by atoms with van der Waals surface area (Å²) in [5, 5.41) is 3.19. The van der Waals surface area contributed by atoms with Gasteiger partial charge in [-0.05, 0) is 6.42 Å². The van der Waals surface area contributed by atoms with Crippen LogP contribution in [0.5, 0.6) is 0 Å². The van der Waals surface area contributed by atoms with Gasteiger partial charge >= 0.3 is 0 Å². The van der Waals surface area contributed by atoms with E-state index in [0.29, 0.717) is 19.5 Å². The first-order chi connectivity index (χ1) is 9.13.